The predicted octanol–water partition coefficient (Wildman–Crippen LogP) is 2.77. The number of pyridine rings is 1. The van der Waals surface area contributed by atoms with E-state index < -0.39 is 0 Å². The summed E-state index contributed by atoms with van der Waals surface area (Å²) in [6.45, 7) is 2.73. The summed E-state index contributed by atoms with van der Waals surface area (Å²) in [5.74, 6) is -0.0287. The first-order valence-electron chi connectivity index (χ1n) is 5.85. The number of rotatable bonds is 5. The Balaban J connectivity index is 2.21. The monoisotopic (exact) mass is 263 g/mol. The summed E-state index contributed by atoms with van der Waals surface area (Å²) in [7, 11) is 0. The summed E-state index contributed by atoms with van der Waals surface area (Å²) in [5, 5.41) is 4.53. The largest absolute Gasteiger partial charge is 0.292 e. The molecule has 0 aliphatic heterocycles. The zero-order valence-corrected chi connectivity index (χ0v) is 10.9. The van der Waals surface area contributed by atoms with Crippen LogP contribution in [-0.4, -0.2) is 20.5 Å². The van der Waals surface area contributed by atoms with Gasteiger partial charge in [0, 0.05) is 25.4 Å². The molecule has 0 aliphatic carbocycles. The van der Waals surface area contributed by atoms with Crippen molar-refractivity contribution in [3.8, 4) is 0 Å². The van der Waals surface area contributed by atoms with Crippen LogP contribution in [0.5, 0.6) is 0 Å². The van der Waals surface area contributed by atoms with Crippen molar-refractivity contribution in [2.24, 2.45) is 0 Å². The zero-order valence-electron chi connectivity index (χ0n) is 10.1. The summed E-state index contributed by atoms with van der Waals surface area (Å²) >= 11 is 6.02. The van der Waals surface area contributed by atoms with Gasteiger partial charge in [0.1, 0.15) is 5.69 Å². The molecule has 0 spiro atoms. The highest BCUT2D eigenvalue weighted by molar-refractivity contribution is 6.33. The molecule has 2 heterocycles. The van der Waals surface area contributed by atoms with Gasteiger partial charge in [0.2, 0.25) is 0 Å². The fraction of sp³-hybridized carbons (Fsp3) is 0.308. The van der Waals surface area contributed by atoms with Gasteiger partial charge in [0.05, 0.1) is 11.2 Å². The van der Waals surface area contributed by atoms with Crippen LogP contribution in [0.3, 0.4) is 0 Å². The van der Waals surface area contributed by atoms with Crippen LogP contribution in [0, 0.1) is 0 Å². The Labute approximate surface area is 111 Å². The molecule has 94 valence electrons. The van der Waals surface area contributed by atoms with Crippen LogP contribution in [0.25, 0.3) is 0 Å². The molecule has 0 unspecified atom stereocenters. The van der Waals surface area contributed by atoms with E-state index in [2.05, 4.69) is 10.1 Å². The van der Waals surface area contributed by atoms with E-state index in [4.69, 9.17) is 11.6 Å². The highest BCUT2D eigenvalue weighted by Gasteiger charge is 2.17. The second-order valence-electron chi connectivity index (χ2n) is 4.03. The highest BCUT2D eigenvalue weighted by atomic mass is 35.5. The number of ketones is 1. The Kier molecular flexibility index (Phi) is 4.10. The minimum atomic E-state index is -0.0287. The third-order valence-corrected chi connectivity index (χ3v) is 2.86. The molecule has 0 radical (unpaired) electrons. The summed E-state index contributed by atoms with van der Waals surface area (Å²) in [4.78, 5) is 16.2. The molecular weight excluding hydrogens is 250 g/mol. The smallest absolute Gasteiger partial charge is 0.186 e. The number of carbonyl (C=O) groups is 1. The number of aryl methyl sites for hydroxylation is 1. The van der Waals surface area contributed by atoms with Gasteiger partial charge in [-0.05, 0) is 18.1 Å². The molecule has 0 atom stereocenters. The van der Waals surface area contributed by atoms with Crippen molar-refractivity contribution >= 4 is 17.4 Å². The molecule has 4 nitrogen and oxygen atoms in total. The first kappa shape index (κ1) is 12.8. The molecule has 0 amide bonds. The van der Waals surface area contributed by atoms with E-state index in [9.17, 15) is 4.79 Å². The molecule has 0 bridgehead atoms. The fourth-order valence-corrected chi connectivity index (χ4v) is 2.04. The average Bonchev–Trinajstić information content (AvgIpc) is 2.72. The van der Waals surface area contributed by atoms with E-state index in [1.165, 1.54) is 6.20 Å². The quantitative estimate of drug-likeness (QED) is 0.780. The Hall–Kier alpha value is -1.68. The van der Waals surface area contributed by atoms with Crippen LogP contribution < -0.4 is 0 Å². The molecule has 2 rings (SSSR count). The Morgan fingerprint density at radius 3 is 2.94 bits per heavy atom. The van der Waals surface area contributed by atoms with Gasteiger partial charge in [-0.25, -0.2) is 0 Å². The lowest BCUT2D eigenvalue weighted by Gasteiger charge is -2.05. The molecule has 0 aromatic carbocycles. The van der Waals surface area contributed by atoms with Crippen molar-refractivity contribution < 1.29 is 4.79 Å². The van der Waals surface area contributed by atoms with Gasteiger partial charge in [-0.3, -0.25) is 14.5 Å². The van der Waals surface area contributed by atoms with Crippen molar-refractivity contribution in [1.82, 2.24) is 14.8 Å². The van der Waals surface area contributed by atoms with Crippen molar-refractivity contribution in [1.29, 1.82) is 0 Å². The van der Waals surface area contributed by atoms with Gasteiger partial charge in [-0.2, -0.15) is 5.10 Å². The first-order valence-corrected chi connectivity index (χ1v) is 6.23. The van der Waals surface area contributed by atoms with Gasteiger partial charge < -0.3 is 0 Å². The topological polar surface area (TPSA) is 47.8 Å². The van der Waals surface area contributed by atoms with Crippen LogP contribution >= 0.6 is 11.6 Å². The molecule has 0 fully saturated rings. The SMILES string of the molecule is CCCn1ncc(Cl)c1C(=O)Cc1cccnc1. The van der Waals surface area contributed by atoms with Crippen LogP contribution in [0.2, 0.25) is 5.02 Å². The van der Waals surface area contributed by atoms with Crippen LogP contribution in [0.1, 0.15) is 29.4 Å². The number of hydrogen-bond acceptors (Lipinski definition) is 3. The van der Waals surface area contributed by atoms with E-state index in [1.54, 1.807) is 17.1 Å². The lowest BCUT2D eigenvalue weighted by atomic mass is 10.1. The van der Waals surface area contributed by atoms with Crippen molar-refractivity contribution in [3.05, 3.63) is 47.0 Å². The number of carbonyl (C=O) groups excluding carboxylic acids is 1. The fourth-order valence-electron chi connectivity index (χ4n) is 1.79. The second kappa shape index (κ2) is 5.78. The second-order valence-corrected chi connectivity index (χ2v) is 4.43. The molecule has 0 aliphatic rings. The minimum absolute atomic E-state index is 0.0287. The predicted molar refractivity (Wildman–Crippen MR) is 69.8 cm³/mol. The molecule has 0 N–H and O–H groups in total. The first-order chi connectivity index (χ1) is 8.72. The number of Topliss-reactive ketones (excluding diaryl/α,β-unsaturated/α-hetero) is 1. The third-order valence-electron chi connectivity index (χ3n) is 2.58. The van der Waals surface area contributed by atoms with Gasteiger partial charge in [-0.1, -0.05) is 24.6 Å². The average molecular weight is 264 g/mol. The Bertz CT molecular complexity index is 536. The third kappa shape index (κ3) is 2.76. The van der Waals surface area contributed by atoms with Crippen LogP contribution in [0.4, 0.5) is 0 Å². The molecule has 0 saturated heterocycles. The zero-order chi connectivity index (χ0) is 13.0. The Morgan fingerprint density at radius 2 is 2.28 bits per heavy atom. The van der Waals surface area contributed by atoms with E-state index in [-0.39, 0.29) is 5.78 Å². The van der Waals surface area contributed by atoms with E-state index in [1.807, 2.05) is 19.1 Å². The summed E-state index contributed by atoms with van der Waals surface area (Å²) in [6, 6.07) is 3.69. The number of aromatic nitrogens is 3. The van der Waals surface area contributed by atoms with Gasteiger partial charge in [0.25, 0.3) is 0 Å². The molecule has 0 saturated carbocycles. The maximum atomic E-state index is 12.2. The molecular formula is C13H14ClN3O. The van der Waals surface area contributed by atoms with E-state index in [0.29, 0.717) is 23.7 Å². The van der Waals surface area contributed by atoms with Gasteiger partial charge >= 0.3 is 0 Å². The molecule has 2 aromatic rings. The lowest BCUT2D eigenvalue weighted by Crippen LogP contribution is -2.13. The highest BCUT2D eigenvalue weighted by Crippen LogP contribution is 2.17. The summed E-state index contributed by atoms with van der Waals surface area (Å²) in [6.07, 6.45) is 6.09. The lowest BCUT2D eigenvalue weighted by molar-refractivity contribution is 0.0982. The molecule has 18 heavy (non-hydrogen) atoms. The number of hydrogen-bond donors (Lipinski definition) is 0. The number of nitrogens with zero attached hydrogens (tertiary/aromatic N) is 3. The minimum Gasteiger partial charge on any atom is -0.292 e. The normalized spacial score (nSPS) is 10.6. The van der Waals surface area contributed by atoms with Crippen LogP contribution in [0.15, 0.2) is 30.7 Å². The van der Waals surface area contributed by atoms with Gasteiger partial charge in [-0.15, -0.1) is 0 Å². The van der Waals surface area contributed by atoms with Gasteiger partial charge in [0.15, 0.2) is 5.78 Å². The molecule has 2 aromatic heterocycles. The molecule has 5 heteroatoms. The van der Waals surface area contributed by atoms with E-state index in [0.717, 1.165) is 12.0 Å². The summed E-state index contributed by atoms with van der Waals surface area (Å²) in [5.41, 5.74) is 1.37. The Morgan fingerprint density at radius 1 is 1.44 bits per heavy atom. The van der Waals surface area contributed by atoms with Crippen molar-refractivity contribution in [3.63, 3.8) is 0 Å². The van der Waals surface area contributed by atoms with Crippen molar-refractivity contribution in [2.75, 3.05) is 0 Å². The number of halogens is 1. The maximum Gasteiger partial charge on any atom is 0.186 e. The standard InChI is InChI=1S/C13H14ClN3O/c1-2-6-17-13(11(14)9-16-17)12(18)7-10-4-3-5-15-8-10/h3-5,8-9H,2,6-7H2,1H3. The summed E-state index contributed by atoms with van der Waals surface area (Å²) < 4.78 is 1.67. The maximum absolute atomic E-state index is 12.2. The van der Waals surface area contributed by atoms with Crippen molar-refractivity contribution in [2.45, 2.75) is 26.3 Å². The van der Waals surface area contributed by atoms with Crippen LogP contribution in [-0.2, 0) is 13.0 Å². The van der Waals surface area contributed by atoms with E-state index >= 15 is 0 Å².